The van der Waals surface area contributed by atoms with E-state index in [4.69, 9.17) is 24.1 Å². The number of ketones is 1. The minimum atomic E-state index is -1.20. The number of carbonyl (C=O) groups excluding carboxylic acids is 7. The summed E-state index contributed by atoms with van der Waals surface area (Å²) in [5.74, 6) is -4.37. The third-order valence-corrected chi connectivity index (χ3v) is 14.3. The Bertz CT molecular complexity index is 2550. The van der Waals surface area contributed by atoms with Crippen molar-refractivity contribution in [1.82, 2.24) is 40.9 Å². The van der Waals surface area contributed by atoms with E-state index in [0.29, 0.717) is 27.7 Å². The summed E-state index contributed by atoms with van der Waals surface area (Å²) >= 11 is 3.33. The first-order valence-corrected chi connectivity index (χ1v) is 29.9. The van der Waals surface area contributed by atoms with Crippen molar-refractivity contribution in [2.75, 3.05) is 84.4 Å². The molecule has 25 heteroatoms. The van der Waals surface area contributed by atoms with Crippen molar-refractivity contribution in [3.05, 3.63) is 52.3 Å². The number of pyridine rings is 1. The highest BCUT2D eigenvalue weighted by atomic mass is 79.9. The third kappa shape index (κ3) is 28.2. The summed E-state index contributed by atoms with van der Waals surface area (Å²) in [4.78, 5) is 118. The molecule has 0 aliphatic carbocycles. The molecule has 0 unspecified atom stereocenters. The summed E-state index contributed by atoms with van der Waals surface area (Å²) in [5.41, 5.74) is 1.59. The summed E-state index contributed by atoms with van der Waals surface area (Å²) in [5, 5.41) is 36.9. The number of aliphatic carboxylic acids is 2. The molecule has 6 amide bonds. The van der Waals surface area contributed by atoms with E-state index >= 15 is 0 Å². The minimum Gasteiger partial charge on any atom is -0.481 e. The van der Waals surface area contributed by atoms with E-state index < -0.39 is 35.8 Å². The molecule has 2 aromatic heterocycles. The second-order valence-electron chi connectivity index (χ2n) is 20.7. The number of Topliss-reactive ketones (excluding diaryl/α,β-unsaturated/α-hetero) is 1. The molecule has 0 bridgehead atoms. The number of carbonyl (C=O) groups is 9. The minimum absolute atomic E-state index is 0.0481. The SMILES string of the molecule is CC(=O)c1nn(CC(=O)N2C[C@@H](CNC(=O)COCCOCCNC(=O)COCCOCCNC(=O)CC[C@H](NC(=O)CCCCCCCCCCCCCCCCC(=O)O)C(=O)O)C[C@H]2C(=O)Nc2nc(Br)ccc2C)c2ccccc12. The van der Waals surface area contributed by atoms with Crippen LogP contribution in [0.3, 0.4) is 0 Å². The van der Waals surface area contributed by atoms with Gasteiger partial charge in [-0.15, -0.1) is 0 Å². The van der Waals surface area contributed by atoms with Crippen molar-refractivity contribution in [1.29, 1.82) is 0 Å². The fraction of sp³-hybridized carbons (Fsp3) is 0.638. The number of hydrogen-bond donors (Lipinski definition) is 7. The maximum absolute atomic E-state index is 13.9. The van der Waals surface area contributed by atoms with Gasteiger partial charge in [-0.3, -0.25) is 43.0 Å². The van der Waals surface area contributed by atoms with E-state index in [9.17, 15) is 48.3 Å². The number of carboxylic acid groups (broad SMARTS) is 2. The summed E-state index contributed by atoms with van der Waals surface area (Å²) in [6, 6.07) is 8.63. The van der Waals surface area contributed by atoms with Gasteiger partial charge < -0.3 is 60.6 Å². The molecule has 4 rings (SSSR count). The number of benzene rings is 1. The zero-order chi connectivity index (χ0) is 60.2. The fourth-order valence-corrected chi connectivity index (χ4v) is 9.69. The van der Waals surface area contributed by atoms with Gasteiger partial charge in [0.1, 0.15) is 48.0 Å². The van der Waals surface area contributed by atoms with Gasteiger partial charge in [-0.05, 0) is 72.2 Å². The van der Waals surface area contributed by atoms with Crippen LogP contribution in [0.15, 0.2) is 41.0 Å². The molecule has 0 spiro atoms. The number of hydrogen-bond acceptors (Lipinski definition) is 15. The average molecular weight is 1230 g/mol. The first-order chi connectivity index (χ1) is 40.0. The smallest absolute Gasteiger partial charge is 0.326 e. The molecule has 1 aromatic carbocycles. The van der Waals surface area contributed by atoms with E-state index in [1.54, 1.807) is 43.3 Å². The highest BCUT2D eigenvalue weighted by Gasteiger charge is 2.40. The number of halogens is 1. The second kappa shape index (κ2) is 40.0. The molecule has 460 valence electrons. The first kappa shape index (κ1) is 69.1. The normalized spacial score (nSPS) is 14.3. The number of ether oxygens (including phenoxy) is 4. The number of anilines is 1. The predicted octanol–water partition coefficient (Wildman–Crippen LogP) is 5.65. The molecular formula is C58H86BrN9O15. The maximum atomic E-state index is 13.9. The van der Waals surface area contributed by atoms with Crippen LogP contribution in [0, 0.1) is 12.8 Å². The Balaban J connectivity index is 0.963. The van der Waals surface area contributed by atoms with Crippen LogP contribution in [-0.4, -0.2) is 174 Å². The van der Waals surface area contributed by atoms with Gasteiger partial charge in [-0.1, -0.05) is 101 Å². The summed E-state index contributed by atoms with van der Waals surface area (Å²) in [7, 11) is 0. The zero-order valence-electron chi connectivity index (χ0n) is 48.2. The van der Waals surface area contributed by atoms with Gasteiger partial charge in [0.15, 0.2) is 5.78 Å². The number of aromatic nitrogens is 3. The topological polar surface area (TPSA) is 325 Å². The molecule has 3 aromatic rings. The summed E-state index contributed by atoms with van der Waals surface area (Å²) < 4.78 is 23.7. The number of likely N-dealkylation sites (tertiary alicyclic amines) is 1. The number of rotatable bonds is 45. The largest absolute Gasteiger partial charge is 0.481 e. The van der Waals surface area contributed by atoms with Crippen molar-refractivity contribution < 1.29 is 72.3 Å². The number of aryl methyl sites for hydroxylation is 1. The van der Waals surface area contributed by atoms with Crippen LogP contribution in [0.4, 0.5) is 5.82 Å². The molecule has 1 aliphatic rings. The summed E-state index contributed by atoms with van der Waals surface area (Å²) in [6.45, 7) is 4.20. The van der Waals surface area contributed by atoms with Crippen LogP contribution in [0.25, 0.3) is 10.9 Å². The molecular weight excluding hydrogens is 1140 g/mol. The lowest BCUT2D eigenvalue weighted by Gasteiger charge is -2.24. The Labute approximate surface area is 494 Å². The van der Waals surface area contributed by atoms with E-state index in [1.165, 1.54) is 55.0 Å². The highest BCUT2D eigenvalue weighted by Crippen LogP contribution is 2.27. The van der Waals surface area contributed by atoms with Gasteiger partial charge in [-0.25, -0.2) is 9.78 Å². The Kier molecular flexibility index (Phi) is 33.3. The zero-order valence-corrected chi connectivity index (χ0v) is 49.8. The quantitative estimate of drug-likeness (QED) is 0.0204. The monoisotopic (exact) mass is 1230 g/mol. The highest BCUT2D eigenvalue weighted by molar-refractivity contribution is 9.10. The van der Waals surface area contributed by atoms with Crippen molar-refractivity contribution in [3.63, 3.8) is 0 Å². The molecule has 0 saturated carbocycles. The lowest BCUT2D eigenvalue weighted by molar-refractivity contribution is -0.142. The number of unbranched alkanes of at least 4 members (excludes halogenated alkanes) is 13. The van der Waals surface area contributed by atoms with Crippen LogP contribution in [-0.2, 0) is 63.8 Å². The molecule has 3 heterocycles. The van der Waals surface area contributed by atoms with E-state index in [2.05, 4.69) is 52.6 Å². The standard InChI is InChI=1S/C58H86BrN9O15/c1-41-23-25-48(59)64-56(41)65-57(77)47-35-43(37-67(47)53(74)38-68-46-20-18-17-19-44(46)55(66-68)42(2)69)36-62-52(73)40-83-34-32-81-30-28-61-51(72)39-82-33-31-80-29-27-60-49(70)26-24-45(58(78)79)63-50(71)21-15-13-11-9-7-5-3-4-6-8-10-12-14-16-22-54(75)76/h17-20,23,25,43,45,47H,3-16,21-22,24,26-40H2,1-2H3,(H,60,70)(H,61,72)(H,62,73)(H,63,71)(H,75,76)(H,78,79)(H,64,65,77)/t43-,45+,47+/m1/s1. The van der Waals surface area contributed by atoms with Gasteiger partial charge in [-0.2, -0.15) is 5.10 Å². The van der Waals surface area contributed by atoms with Crippen molar-refractivity contribution in [2.45, 2.75) is 154 Å². The van der Waals surface area contributed by atoms with Crippen molar-refractivity contribution in [3.8, 4) is 0 Å². The molecule has 1 aliphatic heterocycles. The van der Waals surface area contributed by atoms with E-state index in [-0.39, 0.29) is 159 Å². The molecule has 24 nitrogen and oxygen atoms in total. The van der Waals surface area contributed by atoms with Crippen LogP contribution in [0.1, 0.15) is 145 Å². The first-order valence-electron chi connectivity index (χ1n) is 29.1. The van der Waals surface area contributed by atoms with Gasteiger partial charge >= 0.3 is 11.9 Å². The van der Waals surface area contributed by atoms with Crippen LogP contribution >= 0.6 is 15.9 Å². The molecule has 1 saturated heterocycles. The van der Waals surface area contributed by atoms with Crippen LogP contribution < -0.4 is 26.6 Å². The van der Waals surface area contributed by atoms with Gasteiger partial charge in [0, 0.05) is 57.8 Å². The fourth-order valence-electron chi connectivity index (χ4n) is 9.38. The van der Waals surface area contributed by atoms with Crippen LogP contribution in [0.2, 0.25) is 0 Å². The van der Waals surface area contributed by atoms with Crippen molar-refractivity contribution in [2.24, 2.45) is 5.92 Å². The van der Waals surface area contributed by atoms with E-state index in [1.807, 2.05) is 0 Å². The van der Waals surface area contributed by atoms with E-state index in [0.717, 1.165) is 50.5 Å². The summed E-state index contributed by atoms with van der Waals surface area (Å²) in [6.07, 6.45) is 15.5. The number of fused-ring (bicyclic) bond motifs is 1. The maximum Gasteiger partial charge on any atom is 0.326 e. The average Bonchev–Trinajstić information content (AvgIpc) is 3.37. The number of carboxylic acids is 2. The molecule has 7 N–H and O–H groups in total. The van der Waals surface area contributed by atoms with Gasteiger partial charge in [0.2, 0.25) is 35.4 Å². The Morgan fingerprint density at radius 1 is 0.663 bits per heavy atom. The van der Waals surface area contributed by atoms with Gasteiger partial charge in [0.25, 0.3) is 0 Å². The van der Waals surface area contributed by atoms with Gasteiger partial charge in [0.05, 0.1) is 45.2 Å². The number of nitrogens with zero attached hydrogens (tertiary/aromatic N) is 4. The number of para-hydroxylation sites is 1. The second-order valence-corrected chi connectivity index (χ2v) is 21.5. The van der Waals surface area contributed by atoms with Crippen molar-refractivity contribution >= 4 is 85.8 Å². The lowest BCUT2D eigenvalue weighted by atomic mass is 10.0. The predicted molar refractivity (Wildman–Crippen MR) is 311 cm³/mol. The molecule has 3 atom stereocenters. The number of nitrogens with one attached hydrogen (secondary N) is 5. The molecule has 83 heavy (non-hydrogen) atoms. The Morgan fingerprint density at radius 2 is 1.22 bits per heavy atom. The number of amides is 6. The Morgan fingerprint density at radius 3 is 1.81 bits per heavy atom. The molecule has 1 fully saturated rings. The molecule has 0 radical (unpaired) electrons. The van der Waals surface area contributed by atoms with Crippen LogP contribution in [0.5, 0.6) is 0 Å². The Hall–Kier alpha value is -6.41. The lowest BCUT2D eigenvalue weighted by Crippen LogP contribution is -2.44. The third-order valence-electron chi connectivity index (χ3n) is 13.9.